The van der Waals surface area contributed by atoms with Crippen LogP contribution in [0.15, 0.2) is 0 Å². The summed E-state index contributed by atoms with van der Waals surface area (Å²) in [4.78, 5) is 17.8. The van der Waals surface area contributed by atoms with Crippen molar-refractivity contribution in [1.82, 2.24) is 15.0 Å². The lowest BCUT2D eigenvalue weighted by molar-refractivity contribution is 0.624. The molecule has 0 amide bonds. The van der Waals surface area contributed by atoms with E-state index in [0.717, 1.165) is 25.6 Å². The third-order valence-electron chi connectivity index (χ3n) is 3.82. The topological polar surface area (TPSA) is 83.2 Å². The van der Waals surface area contributed by atoms with E-state index in [2.05, 4.69) is 57.9 Å². The fourth-order valence-electron chi connectivity index (χ4n) is 2.30. The van der Waals surface area contributed by atoms with Crippen molar-refractivity contribution in [3.8, 4) is 0 Å². The molecular weight excluding hydrogens is 266 g/mol. The zero-order valence-corrected chi connectivity index (χ0v) is 13.5. The summed E-state index contributed by atoms with van der Waals surface area (Å²) >= 11 is 0. The standard InChI is InChI=1S/C14H27N7/c1-5-20(6-2)13-16-12(19-15)17-14(18-13)21(10(3)4)9-11-7-8-11/h10-11H,5-9,15H2,1-4H3,(H,16,17,18,19). The van der Waals surface area contributed by atoms with E-state index in [0.29, 0.717) is 23.9 Å². The highest BCUT2D eigenvalue weighted by atomic mass is 15.4. The van der Waals surface area contributed by atoms with Crippen molar-refractivity contribution in [3.63, 3.8) is 0 Å². The average molecular weight is 293 g/mol. The summed E-state index contributed by atoms with van der Waals surface area (Å²) in [7, 11) is 0. The first kappa shape index (κ1) is 15.8. The Kier molecular flexibility index (Phi) is 5.17. The van der Waals surface area contributed by atoms with Gasteiger partial charge in [0.05, 0.1) is 0 Å². The van der Waals surface area contributed by atoms with Gasteiger partial charge in [-0.3, -0.25) is 5.43 Å². The summed E-state index contributed by atoms with van der Waals surface area (Å²) in [5.74, 6) is 8.10. The number of hydrazine groups is 1. The summed E-state index contributed by atoms with van der Waals surface area (Å²) in [5.41, 5.74) is 2.56. The summed E-state index contributed by atoms with van der Waals surface area (Å²) in [6.07, 6.45) is 2.61. The van der Waals surface area contributed by atoms with Gasteiger partial charge in [0.15, 0.2) is 0 Å². The highest BCUT2D eigenvalue weighted by Crippen LogP contribution is 2.31. The van der Waals surface area contributed by atoms with E-state index < -0.39 is 0 Å². The molecule has 0 aromatic carbocycles. The van der Waals surface area contributed by atoms with Crippen LogP contribution in [0.25, 0.3) is 0 Å². The van der Waals surface area contributed by atoms with Crippen LogP contribution < -0.4 is 21.1 Å². The van der Waals surface area contributed by atoms with Crippen LogP contribution in [0.2, 0.25) is 0 Å². The van der Waals surface area contributed by atoms with Gasteiger partial charge in [-0.05, 0) is 46.5 Å². The van der Waals surface area contributed by atoms with Crippen molar-refractivity contribution in [1.29, 1.82) is 0 Å². The number of hydrogen-bond donors (Lipinski definition) is 2. The molecule has 1 aromatic heterocycles. The Labute approximate surface area is 126 Å². The van der Waals surface area contributed by atoms with Gasteiger partial charge in [-0.15, -0.1) is 0 Å². The maximum absolute atomic E-state index is 5.52. The van der Waals surface area contributed by atoms with Crippen LogP contribution in [0.1, 0.15) is 40.5 Å². The van der Waals surface area contributed by atoms with Gasteiger partial charge in [0.2, 0.25) is 17.8 Å². The molecule has 0 atom stereocenters. The molecule has 3 N–H and O–H groups in total. The Bertz CT molecular complexity index is 455. The number of hydrogen-bond acceptors (Lipinski definition) is 7. The molecule has 0 unspecified atom stereocenters. The Morgan fingerprint density at radius 3 is 2.24 bits per heavy atom. The number of anilines is 3. The van der Waals surface area contributed by atoms with Gasteiger partial charge in [-0.25, -0.2) is 5.84 Å². The number of nitrogens with zero attached hydrogens (tertiary/aromatic N) is 5. The van der Waals surface area contributed by atoms with Crippen molar-refractivity contribution in [3.05, 3.63) is 0 Å². The first-order valence-corrected chi connectivity index (χ1v) is 7.83. The van der Waals surface area contributed by atoms with Gasteiger partial charge in [-0.2, -0.15) is 15.0 Å². The molecule has 1 aliphatic carbocycles. The molecule has 7 nitrogen and oxygen atoms in total. The number of rotatable bonds is 8. The molecule has 7 heteroatoms. The highest BCUT2D eigenvalue weighted by Gasteiger charge is 2.27. The molecule has 1 heterocycles. The Balaban J connectivity index is 2.32. The van der Waals surface area contributed by atoms with Crippen LogP contribution >= 0.6 is 0 Å². The first-order valence-electron chi connectivity index (χ1n) is 7.83. The fourth-order valence-corrected chi connectivity index (χ4v) is 2.30. The minimum absolute atomic E-state index is 0.350. The van der Waals surface area contributed by atoms with E-state index in [1.54, 1.807) is 0 Å². The highest BCUT2D eigenvalue weighted by molar-refractivity contribution is 5.45. The average Bonchev–Trinajstić information content (AvgIpc) is 3.29. The van der Waals surface area contributed by atoms with Crippen molar-refractivity contribution in [2.75, 3.05) is 34.9 Å². The predicted molar refractivity (Wildman–Crippen MR) is 86.4 cm³/mol. The molecule has 21 heavy (non-hydrogen) atoms. The van der Waals surface area contributed by atoms with Crippen molar-refractivity contribution in [2.24, 2.45) is 11.8 Å². The fraction of sp³-hybridized carbons (Fsp3) is 0.786. The zero-order chi connectivity index (χ0) is 15.4. The van der Waals surface area contributed by atoms with Gasteiger partial charge in [0.25, 0.3) is 0 Å². The molecule has 118 valence electrons. The van der Waals surface area contributed by atoms with E-state index in [4.69, 9.17) is 5.84 Å². The van der Waals surface area contributed by atoms with Crippen LogP contribution in [0.5, 0.6) is 0 Å². The third-order valence-corrected chi connectivity index (χ3v) is 3.82. The minimum Gasteiger partial charge on any atom is -0.341 e. The molecule has 0 bridgehead atoms. The molecule has 2 rings (SSSR count). The zero-order valence-electron chi connectivity index (χ0n) is 13.5. The van der Waals surface area contributed by atoms with Crippen molar-refractivity contribution < 1.29 is 0 Å². The lowest BCUT2D eigenvalue weighted by Crippen LogP contribution is -2.35. The molecule has 1 aromatic rings. The molecule has 1 fully saturated rings. The Hall–Kier alpha value is -1.63. The second kappa shape index (κ2) is 6.89. The minimum atomic E-state index is 0.350. The van der Waals surface area contributed by atoms with Gasteiger partial charge in [0, 0.05) is 25.7 Å². The Morgan fingerprint density at radius 1 is 1.14 bits per heavy atom. The van der Waals surface area contributed by atoms with Gasteiger partial charge < -0.3 is 9.80 Å². The van der Waals surface area contributed by atoms with Gasteiger partial charge in [0.1, 0.15) is 0 Å². The molecule has 0 aliphatic heterocycles. The molecule has 1 saturated carbocycles. The van der Waals surface area contributed by atoms with Crippen molar-refractivity contribution >= 4 is 17.8 Å². The van der Waals surface area contributed by atoms with E-state index in [9.17, 15) is 0 Å². The summed E-state index contributed by atoms with van der Waals surface area (Å²) in [6, 6.07) is 0.350. The summed E-state index contributed by atoms with van der Waals surface area (Å²) in [6.45, 7) is 11.2. The number of nitrogens with one attached hydrogen (secondary N) is 1. The molecule has 0 radical (unpaired) electrons. The van der Waals surface area contributed by atoms with E-state index in [-0.39, 0.29) is 0 Å². The van der Waals surface area contributed by atoms with Crippen LogP contribution in [0.4, 0.5) is 17.8 Å². The SMILES string of the molecule is CCN(CC)c1nc(NN)nc(N(CC2CC2)C(C)C)n1. The monoisotopic (exact) mass is 293 g/mol. The largest absolute Gasteiger partial charge is 0.341 e. The van der Waals surface area contributed by atoms with Gasteiger partial charge >= 0.3 is 0 Å². The summed E-state index contributed by atoms with van der Waals surface area (Å²) in [5, 5.41) is 0. The van der Waals surface area contributed by atoms with E-state index in [1.165, 1.54) is 12.8 Å². The quantitative estimate of drug-likeness (QED) is 0.556. The van der Waals surface area contributed by atoms with Crippen molar-refractivity contribution in [2.45, 2.75) is 46.6 Å². The lowest BCUT2D eigenvalue weighted by atomic mass is 10.3. The normalized spacial score (nSPS) is 14.4. The van der Waals surface area contributed by atoms with E-state index in [1.807, 2.05) is 0 Å². The third kappa shape index (κ3) is 3.93. The Morgan fingerprint density at radius 2 is 1.76 bits per heavy atom. The van der Waals surface area contributed by atoms with Crippen LogP contribution in [0.3, 0.4) is 0 Å². The smallest absolute Gasteiger partial charge is 0.243 e. The predicted octanol–water partition coefficient (Wildman–Crippen LogP) is 1.63. The molecule has 1 aliphatic rings. The van der Waals surface area contributed by atoms with Gasteiger partial charge in [-0.1, -0.05) is 0 Å². The number of aromatic nitrogens is 3. The molecular formula is C14H27N7. The second-order valence-corrected chi connectivity index (χ2v) is 5.77. The number of nitrogens with two attached hydrogens (primary N) is 1. The number of nitrogen functional groups attached to an aromatic ring is 1. The molecule has 0 saturated heterocycles. The van der Waals surface area contributed by atoms with E-state index >= 15 is 0 Å². The maximum atomic E-state index is 5.52. The van der Waals surface area contributed by atoms with Crippen LogP contribution in [0, 0.1) is 5.92 Å². The lowest BCUT2D eigenvalue weighted by Gasteiger charge is -2.28. The second-order valence-electron chi connectivity index (χ2n) is 5.77. The maximum Gasteiger partial charge on any atom is 0.243 e. The van der Waals surface area contributed by atoms with Crippen LogP contribution in [-0.4, -0.2) is 40.6 Å². The first-order chi connectivity index (χ1) is 10.1. The van der Waals surface area contributed by atoms with Crippen LogP contribution in [-0.2, 0) is 0 Å². The summed E-state index contributed by atoms with van der Waals surface area (Å²) < 4.78 is 0. The molecule has 0 spiro atoms.